The minimum Gasteiger partial charge on any atom is -0.480 e. The molecule has 0 unspecified atom stereocenters. The van der Waals surface area contributed by atoms with Gasteiger partial charge < -0.3 is 15.7 Å². The van der Waals surface area contributed by atoms with Gasteiger partial charge in [0.2, 0.25) is 0 Å². The molecule has 1 aromatic carbocycles. The summed E-state index contributed by atoms with van der Waals surface area (Å²) in [5.41, 5.74) is 2.37. The van der Waals surface area contributed by atoms with Crippen molar-refractivity contribution in [2.45, 2.75) is 38.8 Å². The summed E-state index contributed by atoms with van der Waals surface area (Å²) in [6.07, 6.45) is 3.37. The highest BCUT2D eigenvalue weighted by Crippen LogP contribution is 2.26. The lowest BCUT2D eigenvalue weighted by atomic mass is 9.85. The molecule has 0 spiro atoms. The number of rotatable bonds is 7. The number of nitrogens with one attached hydrogen (secondary N) is 2. The molecule has 1 aliphatic carbocycles. The van der Waals surface area contributed by atoms with Gasteiger partial charge in [-0.15, -0.1) is 0 Å². The van der Waals surface area contributed by atoms with Crippen LogP contribution in [0.5, 0.6) is 0 Å². The number of para-hydroxylation sites is 2. The summed E-state index contributed by atoms with van der Waals surface area (Å²) in [6, 6.07) is 9.38. The number of carbonyl (C=O) groups is 2. The van der Waals surface area contributed by atoms with Crippen LogP contribution in [0.3, 0.4) is 0 Å². The lowest BCUT2D eigenvalue weighted by Gasteiger charge is -2.42. The minimum absolute atomic E-state index is 0.0384. The maximum atomic E-state index is 12.4. The summed E-state index contributed by atoms with van der Waals surface area (Å²) < 4.78 is 1.73. The van der Waals surface area contributed by atoms with Crippen LogP contribution in [0.25, 0.3) is 5.69 Å². The molecule has 0 aliphatic heterocycles. The Labute approximate surface area is 158 Å². The molecule has 0 bridgehead atoms. The van der Waals surface area contributed by atoms with Crippen LogP contribution in [0.4, 0.5) is 10.5 Å². The summed E-state index contributed by atoms with van der Waals surface area (Å²) in [4.78, 5) is 25.2. The molecule has 2 aromatic rings. The molecule has 3 rings (SSSR count). The van der Waals surface area contributed by atoms with Crippen molar-refractivity contribution in [3.8, 4) is 5.69 Å². The van der Waals surface area contributed by atoms with Crippen molar-refractivity contribution < 1.29 is 14.7 Å². The summed E-state index contributed by atoms with van der Waals surface area (Å²) in [5, 5.41) is 19.2. The number of carboxylic acids is 1. The van der Waals surface area contributed by atoms with E-state index in [1.54, 1.807) is 4.68 Å². The van der Waals surface area contributed by atoms with Crippen molar-refractivity contribution in [2.75, 3.05) is 18.4 Å². The molecule has 0 saturated heterocycles. The molecule has 1 saturated carbocycles. The van der Waals surface area contributed by atoms with Gasteiger partial charge in [-0.2, -0.15) is 5.10 Å². The molecular formula is C19H25N5O3. The Balaban J connectivity index is 1.55. The number of hydrogen-bond donors (Lipinski definition) is 3. The van der Waals surface area contributed by atoms with E-state index in [0.717, 1.165) is 24.2 Å². The van der Waals surface area contributed by atoms with Gasteiger partial charge in [0, 0.05) is 18.3 Å². The third-order valence-corrected chi connectivity index (χ3v) is 4.83. The predicted octanol–water partition coefficient (Wildman–Crippen LogP) is 2.24. The second kappa shape index (κ2) is 8.22. The third-order valence-electron chi connectivity index (χ3n) is 4.83. The standard InChI is InChI=1S/C19H25N5O3/c1-3-23(12-18(25)26)15-10-14(11-15)20-19(27)21-16-6-4-5-7-17(16)24-9-8-13(2)22-24/h4-9,14-15H,3,10-12H2,1-2H3,(H,25,26)(H2,20,21,27). The normalized spacial score (nSPS) is 18.8. The van der Waals surface area contributed by atoms with Crippen LogP contribution >= 0.6 is 0 Å². The summed E-state index contributed by atoms with van der Waals surface area (Å²) in [5.74, 6) is -0.823. The first-order valence-electron chi connectivity index (χ1n) is 9.11. The monoisotopic (exact) mass is 371 g/mol. The van der Waals surface area contributed by atoms with Crippen LogP contribution in [0.15, 0.2) is 36.5 Å². The van der Waals surface area contributed by atoms with Crippen molar-refractivity contribution in [1.82, 2.24) is 20.0 Å². The molecule has 0 radical (unpaired) electrons. The lowest BCUT2D eigenvalue weighted by Crippen LogP contribution is -2.55. The van der Waals surface area contributed by atoms with E-state index >= 15 is 0 Å². The number of likely N-dealkylation sites (N-methyl/N-ethyl adjacent to an activating group) is 1. The van der Waals surface area contributed by atoms with Gasteiger partial charge in [0.25, 0.3) is 0 Å². The van der Waals surface area contributed by atoms with E-state index in [2.05, 4.69) is 15.7 Å². The Bertz CT molecular complexity index is 813. The zero-order valence-corrected chi connectivity index (χ0v) is 15.6. The maximum Gasteiger partial charge on any atom is 0.319 e. The number of hydrogen-bond acceptors (Lipinski definition) is 4. The van der Waals surface area contributed by atoms with E-state index in [1.165, 1.54) is 0 Å². The van der Waals surface area contributed by atoms with Crippen molar-refractivity contribution in [3.05, 3.63) is 42.2 Å². The maximum absolute atomic E-state index is 12.4. The van der Waals surface area contributed by atoms with Crippen molar-refractivity contribution in [1.29, 1.82) is 0 Å². The molecule has 2 amide bonds. The van der Waals surface area contributed by atoms with Gasteiger partial charge in [-0.25, -0.2) is 9.48 Å². The molecule has 3 N–H and O–H groups in total. The second-order valence-electron chi connectivity index (χ2n) is 6.80. The second-order valence-corrected chi connectivity index (χ2v) is 6.80. The van der Waals surface area contributed by atoms with E-state index in [0.29, 0.717) is 12.2 Å². The molecule has 8 heteroatoms. The van der Waals surface area contributed by atoms with E-state index in [1.807, 2.05) is 55.3 Å². The first kappa shape index (κ1) is 18.9. The molecule has 1 fully saturated rings. The number of aliphatic carboxylic acids is 1. The predicted molar refractivity (Wildman–Crippen MR) is 102 cm³/mol. The number of nitrogens with zero attached hydrogens (tertiary/aromatic N) is 3. The largest absolute Gasteiger partial charge is 0.480 e. The highest BCUT2D eigenvalue weighted by molar-refractivity contribution is 5.91. The van der Waals surface area contributed by atoms with E-state index in [4.69, 9.17) is 5.11 Å². The molecule has 1 aliphatic rings. The molecule has 1 heterocycles. The first-order valence-corrected chi connectivity index (χ1v) is 9.11. The number of carboxylic acid groups (broad SMARTS) is 1. The molecule has 144 valence electrons. The number of urea groups is 1. The van der Waals surface area contributed by atoms with Gasteiger partial charge in [-0.05, 0) is 44.5 Å². The van der Waals surface area contributed by atoms with E-state index < -0.39 is 5.97 Å². The fourth-order valence-corrected chi connectivity index (χ4v) is 3.35. The van der Waals surface area contributed by atoms with Crippen molar-refractivity contribution in [3.63, 3.8) is 0 Å². The zero-order chi connectivity index (χ0) is 19.4. The van der Waals surface area contributed by atoms with Gasteiger partial charge in [0.1, 0.15) is 0 Å². The highest BCUT2D eigenvalue weighted by atomic mass is 16.4. The first-order chi connectivity index (χ1) is 13.0. The Hall–Kier alpha value is -2.87. The number of anilines is 1. The zero-order valence-electron chi connectivity index (χ0n) is 15.6. The highest BCUT2D eigenvalue weighted by Gasteiger charge is 2.34. The van der Waals surface area contributed by atoms with Crippen LogP contribution < -0.4 is 10.6 Å². The molecule has 1 aromatic heterocycles. The minimum atomic E-state index is -0.823. The quantitative estimate of drug-likeness (QED) is 0.693. The Kier molecular flexibility index (Phi) is 5.75. The number of aryl methyl sites for hydroxylation is 1. The van der Waals surface area contributed by atoms with Crippen LogP contribution in [0.1, 0.15) is 25.5 Å². The van der Waals surface area contributed by atoms with Gasteiger partial charge in [0.15, 0.2) is 0 Å². The third kappa shape index (κ3) is 4.65. The number of benzene rings is 1. The SMILES string of the molecule is CCN(CC(=O)O)C1CC(NC(=O)Nc2ccccc2-n2ccc(C)n2)C1. The average Bonchev–Trinajstić information content (AvgIpc) is 3.02. The van der Waals surface area contributed by atoms with E-state index in [9.17, 15) is 9.59 Å². The van der Waals surface area contributed by atoms with Crippen molar-refractivity contribution in [2.24, 2.45) is 0 Å². The lowest BCUT2D eigenvalue weighted by molar-refractivity contribution is -0.139. The Morgan fingerprint density at radius 2 is 2.04 bits per heavy atom. The smallest absolute Gasteiger partial charge is 0.319 e. The molecule has 8 nitrogen and oxygen atoms in total. The number of carbonyl (C=O) groups excluding carboxylic acids is 1. The summed E-state index contributed by atoms with van der Waals surface area (Å²) in [6.45, 7) is 4.59. The van der Waals surface area contributed by atoms with Gasteiger partial charge >= 0.3 is 12.0 Å². The fourth-order valence-electron chi connectivity index (χ4n) is 3.35. The Morgan fingerprint density at radius 3 is 2.67 bits per heavy atom. The van der Waals surface area contributed by atoms with E-state index in [-0.39, 0.29) is 24.7 Å². The van der Waals surface area contributed by atoms with Crippen molar-refractivity contribution >= 4 is 17.7 Å². The van der Waals surface area contributed by atoms with Crippen LogP contribution in [0, 0.1) is 6.92 Å². The van der Waals surface area contributed by atoms with Gasteiger partial charge in [-0.3, -0.25) is 9.69 Å². The van der Waals surface area contributed by atoms with Crippen LogP contribution in [0.2, 0.25) is 0 Å². The fraction of sp³-hybridized carbons (Fsp3) is 0.421. The van der Waals surface area contributed by atoms with Gasteiger partial charge in [0.05, 0.1) is 23.6 Å². The molecular weight excluding hydrogens is 346 g/mol. The summed E-state index contributed by atoms with van der Waals surface area (Å²) >= 11 is 0. The topological polar surface area (TPSA) is 99.5 Å². The number of aromatic nitrogens is 2. The van der Waals surface area contributed by atoms with Crippen LogP contribution in [-0.4, -0.2) is 57.0 Å². The Morgan fingerprint density at radius 1 is 1.30 bits per heavy atom. The van der Waals surface area contributed by atoms with Crippen LogP contribution in [-0.2, 0) is 4.79 Å². The number of amides is 2. The molecule has 27 heavy (non-hydrogen) atoms. The average molecular weight is 371 g/mol. The van der Waals surface area contributed by atoms with Gasteiger partial charge in [-0.1, -0.05) is 19.1 Å². The summed E-state index contributed by atoms with van der Waals surface area (Å²) in [7, 11) is 0. The molecule has 0 atom stereocenters.